The maximum absolute atomic E-state index is 12.5. The second-order valence-corrected chi connectivity index (χ2v) is 7.53. The van der Waals surface area contributed by atoms with Crippen molar-refractivity contribution >= 4 is 40.9 Å². The summed E-state index contributed by atoms with van der Waals surface area (Å²) in [6, 6.07) is 15.0. The molecular weight excluding hydrogens is 364 g/mol. The lowest BCUT2D eigenvalue weighted by atomic mass is 10.1. The fourth-order valence-corrected chi connectivity index (χ4v) is 3.66. The predicted molar refractivity (Wildman–Crippen MR) is 108 cm³/mol. The minimum Gasteiger partial charge on any atom is -0.325 e. The number of aryl methyl sites for hydroxylation is 1. The van der Waals surface area contributed by atoms with Gasteiger partial charge in [0.1, 0.15) is 6.54 Å². The lowest BCUT2D eigenvalue weighted by Crippen LogP contribution is -2.19. The largest absolute Gasteiger partial charge is 0.325 e. The number of hydrogen-bond acceptors (Lipinski definition) is 4. The highest BCUT2D eigenvalue weighted by atomic mass is 32.1. The Bertz CT molecular complexity index is 1020. The third kappa shape index (κ3) is 4.15. The van der Waals surface area contributed by atoms with Gasteiger partial charge in [-0.05, 0) is 43.8 Å². The van der Waals surface area contributed by atoms with Gasteiger partial charge in [-0.3, -0.25) is 9.59 Å². The summed E-state index contributed by atoms with van der Waals surface area (Å²) in [6.07, 6.45) is 0. The van der Waals surface area contributed by atoms with Gasteiger partial charge in [-0.15, -0.1) is 11.3 Å². The van der Waals surface area contributed by atoms with E-state index in [1.54, 1.807) is 24.3 Å². The molecule has 2 aromatic carbocycles. The SMILES string of the molecule is CC(=O)c1cccc(NC(=O)Cn2c(-c3ccc(C)cc3)csc2=S)c1. The zero-order valence-electron chi connectivity index (χ0n) is 14.5. The molecule has 0 radical (unpaired) electrons. The van der Waals surface area contributed by atoms with Crippen LogP contribution < -0.4 is 5.32 Å². The quantitative estimate of drug-likeness (QED) is 0.494. The van der Waals surface area contributed by atoms with Crippen molar-refractivity contribution in [2.75, 3.05) is 5.32 Å². The molecule has 0 spiro atoms. The van der Waals surface area contributed by atoms with Crippen molar-refractivity contribution in [3.63, 3.8) is 0 Å². The smallest absolute Gasteiger partial charge is 0.244 e. The number of thiazole rings is 1. The molecule has 132 valence electrons. The second kappa shape index (κ2) is 7.76. The van der Waals surface area contributed by atoms with Gasteiger partial charge in [-0.25, -0.2) is 0 Å². The van der Waals surface area contributed by atoms with Crippen LogP contribution >= 0.6 is 23.6 Å². The van der Waals surface area contributed by atoms with Crippen molar-refractivity contribution in [3.8, 4) is 11.3 Å². The normalized spacial score (nSPS) is 10.5. The van der Waals surface area contributed by atoms with Gasteiger partial charge in [0.25, 0.3) is 0 Å². The van der Waals surface area contributed by atoms with Crippen LogP contribution in [-0.4, -0.2) is 16.3 Å². The Hall–Kier alpha value is -2.57. The fourth-order valence-electron chi connectivity index (χ4n) is 2.59. The molecule has 0 saturated carbocycles. The Labute approximate surface area is 161 Å². The number of hydrogen-bond donors (Lipinski definition) is 1. The number of amides is 1. The molecule has 0 saturated heterocycles. The van der Waals surface area contributed by atoms with Crippen LogP contribution in [-0.2, 0) is 11.3 Å². The van der Waals surface area contributed by atoms with E-state index in [0.717, 1.165) is 11.3 Å². The third-order valence-electron chi connectivity index (χ3n) is 3.98. The molecule has 1 N–H and O–H groups in total. The molecule has 1 aromatic heterocycles. The average Bonchev–Trinajstić information content (AvgIpc) is 2.96. The minimum absolute atomic E-state index is 0.0391. The van der Waals surface area contributed by atoms with Crippen molar-refractivity contribution in [1.82, 2.24) is 4.57 Å². The van der Waals surface area contributed by atoms with E-state index < -0.39 is 0 Å². The molecular formula is C20H18N2O2S2. The van der Waals surface area contributed by atoms with Crippen molar-refractivity contribution in [3.05, 3.63) is 69.0 Å². The summed E-state index contributed by atoms with van der Waals surface area (Å²) < 4.78 is 2.47. The Morgan fingerprint density at radius 3 is 2.58 bits per heavy atom. The molecule has 26 heavy (non-hydrogen) atoms. The van der Waals surface area contributed by atoms with Crippen molar-refractivity contribution in [1.29, 1.82) is 0 Å². The molecule has 0 aliphatic heterocycles. The summed E-state index contributed by atoms with van der Waals surface area (Å²) in [7, 11) is 0. The molecule has 1 heterocycles. The van der Waals surface area contributed by atoms with E-state index in [4.69, 9.17) is 12.2 Å². The highest BCUT2D eigenvalue weighted by molar-refractivity contribution is 7.73. The van der Waals surface area contributed by atoms with Gasteiger partial charge in [0.05, 0.1) is 5.69 Å². The predicted octanol–water partition coefficient (Wildman–Crippen LogP) is 5.10. The van der Waals surface area contributed by atoms with Crippen LogP contribution in [0, 0.1) is 10.9 Å². The van der Waals surface area contributed by atoms with Gasteiger partial charge >= 0.3 is 0 Å². The number of nitrogens with zero attached hydrogens (tertiary/aromatic N) is 1. The average molecular weight is 383 g/mol. The van der Waals surface area contributed by atoms with Gasteiger partial charge in [0.15, 0.2) is 9.74 Å². The van der Waals surface area contributed by atoms with Gasteiger partial charge in [-0.2, -0.15) is 0 Å². The van der Waals surface area contributed by atoms with E-state index in [2.05, 4.69) is 5.32 Å². The number of benzene rings is 2. The molecule has 0 aliphatic rings. The topological polar surface area (TPSA) is 51.1 Å². The first-order valence-corrected chi connectivity index (χ1v) is 9.39. The first kappa shape index (κ1) is 18.2. The van der Waals surface area contributed by atoms with Crippen LogP contribution in [0.5, 0.6) is 0 Å². The molecule has 1 amide bonds. The number of carbonyl (C=O) groups excluding carboxylic acids is 2. The number of rotatable bonds is 5. The van der Waals surface area contributed by atoms with E-state index in [1.807, 2.05) is 41.1 Å². The number of anilines is 1. The van der Waals surface area contributed by atoms with Crippen LogP contribution in [0.15, 0.2) is 53.9 Å². The summed E-state index contributed by atoms with van der Waals surface area (Å²) in [5.74, 6) is -0.226. The van der Waals surface area contributed by atoms with E-state index >= 15 is 0 Å². The molecule has 0 bridgehead atoms. The van der Waals surface area contributed by atoms with Crippen molar-refractivity contribution in [2.24, 2.45) is 0 Å². The summed E-state index contributed by atoms with van der Waals surface area (Å²) in [4.78, 5) is 24.0. The Morgan fingerprint density at radius 2 is 1.88 bits per heavy atom. The van der Waals surface area contributed by atoms with E-state index in [9.17, 15) is 9.59 Å². The molecule has 0 unspecified atom stereocenters. The third-order valence-corrected chi connectivity index (χ3v) is 5.26. The lowest BCUT2D eigenvalue weighted by molar-refractivity contribution is -0.116. The molecule has 0 fully saturated rings. The number of ketones is 1. The molecule has 0 aliphatic carbocycles. The van der Waals surface area contributed by atoms with E-state index in [0.29, 0.717) is 15.2 Å². The van der Waals surface area contributed by atoms with E-state index in [-0.39, 0.29) is 18.2 Å². The van der Waals surface area contributed by atoms with E-state index in [1.165, 1.54) is 23.8 Å². The van der Waals surface area contributed by atoms with Crippen LogP contribution in [0.2, 0.25) is 0 Å². The summed E-state index contributed by atoms with van der Waals surface area (Å²) in [6.45, 7) is 3.65. The second-order valence-electron chi connectivity index (χ2n) is 6.02. The van der Waals surface area contributed by atoms with Gasteiger partial charge in [0.2, 0.25) is 5.91 Å². The molecule has 4 nitrogen and oxygen atoms in total. The monoisotopic (exact) mass is 382 g/mol. The highest BCUT2D eigenvalue weighted by Gasteiger charge is 2.12. The number of nitrogens with one attached hydrogen (secondary N) is 1. The maximum Gasteiger partial charge on any atom is 0.244 e. The van der Waals surface area contributed by atoms with Gasteiger partial charge in [-0.1, -0.05) is 42.0 Å². The first-order valence-electron chi connectivity index (χ1n) is 8.10. The standard InChI is InChI=1S/C20H18N2O2S2/c1-13-6-8-15(9-7-13)18-12-26-20(25)22(18)11-19(24)21-17-5-3-4-16(10-17)14(2)23/h3-10,12H,11H2,1-2H3,(H,21,24). The highest BCUT2D eigenvalue weighted by Crippen LogP contribution is 2.24. The molecule has 3 aromatic rings. The molecule has 0 atom stereocenters. The van der Waals surface area contributed by atoms with Crippen LogP contribution in [0.3, 0.4) is 0 Å². The summed E-state index contributed by atoms with van der Waals surface area (Å²) >= 11 is 6.83. The maximum atomic E-state index is 12.5. The van der Waals surface area contributed by atoms with Crippen LogP contribution in [0.25, 0.3) is 11.3 Å². The zero-order valence-corrected chi connectivity index (χ0v) is 16.1. The first-order chi connectivity index (χ1) is 12.4. The minimum atomic E-state index is -0.187. The number of aromatic nitrogens is 1. The molecule has 3 rings (SSSR count). The van der Waals surface area contributed by atoms with Crippen LogP contribution in [0.4, 0.5) is 5.69 Å². The Morgan fingerprint density at radius 1 is 1.15 bits per heavy atom. The lowest BCUT2D eigenvalue weighted by Gasteiger charge is -2.10. The summed E-state index contributed by atoms with van der Waals surface area (Å²) in [5, 5.41) is 4.81. The fraction of sp³-hybridized carbons (Fsp3) is 0.150. The number of carbonyl (C=O) groups is 2. The molecule has 6 heteroatoms. The zero-order chi connectivity index (χ0) is 18.7. The Kier molecular flexibility index (Phi) is 5.44. The van der Waals surface area contributed by atoms with Crippen LogP contribution in [0.1, 0.15) is 22.8 Å². The summed E-state index contributed by atoms with van der Waals surface area (Å²) in [5.41, 5.74) is 4.29. The number of Topliss-reactive ketones (excluding diaryl/α,β-unsaturated/α-hetero) is 1. The van der Waals surface area contributed by atoms with Crippen molar-refractivity contribution < 1.29 is 9.59 Å². The van der Waals surface area contributed by atoms with Gasteiger partial charge < -0.3 is 9.88 Å². The van der Waals surface area contributed by atoms with Gasteiger partial charge in [0, 0.05) is 16.6 Å². The Balaban J connectivity index is 1.81. The van der Waals surface area contributed by atoms with Crippen molar-refractivity contribution in [2.45, 2.75) is 20.4 Å².